The van der Waals surface area contributed by atoms with Crippen molar-refractivity contribution in [2.24, 2.45) is 0 Å². The molecular weight excluding hydrogens is 379 g/mol. The number of hydrogen-bond donors (Lipinski definition) is 1. The van der Waals surface area contributed by atoms with Gasteiger partial charge in [-0.2, -0.15) is 5.26 Å². The lowest BCUT2D eigenvalue weighted by atomic mass is 10.2. The smallest absolute Gasteiger partial charge is 0.342 e. The van der Waals surface area contributed by atoms with Gasteiger partial charge in [0.1, 0.15) is 17.4 Å². The van der Waals surface area contributed by atoms with E-state index in [4.69, 9.17) is 37.9 Å². The molecule has 0 aliphatic heterocycles. The molecule has 0 aromatic heterocycles. The molecule has 2 aromatic carbocycles. The minimum Gasteiger partial charge on any atom is -0.496 e. The predicted molar refractivity (Wildman–Crippen MR) is 97.7 cm³/mol. The number of nitrogens with zero attached hydrogens (tertiary/aromatic N) is 1. The number of halogens is 2. The second-order valence-corrected chi connectivity index (χ2v) is 6.03. The first-order valence-corrected chi connectivity index (χ1v) is 8.16. The van der Waals surface area contributed by atoms with E-state index in [0.29, 0.717) is 10.7 Å². The molecule has 0 bridgehead atoms. The van der Waals surface area contributed by atoms with Gasteiger partial charge < -0.3 is 14.8 Å². The van der Waals surface area contributed by atoms with Gasteiger partial charge in [-0.1, -0.05) is 23.2 Å². The summed E-state index contributed by atoms with van der Waals surface area (Å²) in [5, 5.41) is 12.0. The van der Waals surface area contributed by atoms with Crippen molar-refractivity contribution in [2.75, 3.05) is 12.4 Å². The van der Waals surface area contributed by atoms with Crippen LogP contribution in [0, 0.1) is 11.3 Å². The molecule has 8 heteroatoms. The highest BCUT2D eigenvalue weighted by molar-refractivity contribution is 6.32. The molecule has 0 radical (unpaired) electrons. The largest absolute Gasteiger partial charge is 0.496 e. The van der Waals surface area contributed by atoms with Crippen molar-refractivity contribution in [3.63, 3.8) is 0 Å². The minimum absolute atomic E-state index is 0.112. The maximum absolute atomic E-state index is 12.3. The zero-order valence-electron chi connectivity index (χ0n) is 13.9. The molecule has 1 atom stereocenters. The quantitative estimate of drug-likeness (QED) is 0.774. The number of nitriles is 1. The maximum Gasteiger partial charge on any atom is 0.342 e. The number of amides is 1. The van der Waals surface area contributed by atoms with Crippen molar-refractivity contribution < 1.29 is 19.1 Å². The molecule has 6 nitrogen and oxygen atoms in total. The van der Waals surface area contributed by atoms with Crippen LogP contribution in [0.4, 0.5) is 5.69 Å². The summed E-state index contributed by atoms with van der Waals surface area (Å²) in [7, 11) is 1.41. The number of ether oxygens (including phenoxy) is 2. The Hall–Kier alpha value is -2.75. The molecule has 26 heavy (non-hydrogen) atoms. The fraction of sp³-hybridized carbons (Fsp3) is 0.167. The molecule has 2 rings (SSSR count). The number of rotatable bonds is 5. The van der Waals surface area contributed by atoms with Gasteiger partial charge in [-0.15, -0.1) is 0 Å². The van der Waals surface area contributed by atoms with Crippen LogP contribution >= 0.6 is 23.2 Å². The molecule has 0 saturated heterocycles. The summed E-state index contributed by atoms with van der Waals surface area (Å²) >= 11 is 11.8. The third kappa shape index (κ3) is 4.66. The van der Waals surface area contributed by atoms with Crippen molar-refractivity contribution in [2.45, 2.75) is 13.0 Å². The van der Waals surface area contributed by atoms with E-state index in [9.17, 15) is 9.59 Å². The average Bonchev–Trinajstić information content (AvgIpc) is 2.61. The Bertz CT molecular complexity index is 893. The Morgan fingerprint density at radius 3 is 2.54 bits per heavy atom. The van der Waals surface area contributed by atoms with E-state index in [2.05, 4.69) is 5.32 Å². The standard InChI is InChI=1S/C18H14Cl2N2O4/c1-10(17(23)22-13-5-3-11(9-21)15(20)8-13)26-18(24)14-7-12(19)4-6-16(14)25-2/h3-8,10H,1-2H3,(H,22,23)/t10-/m0/s1. The third-order valence-corrected chi connectivity index (χ3v) is 3.94. The first-order valence-electron chi connectivity index (χ1n) is 7.40. The summed E-state index contributed by atoms with van der Waals surface area (Å²) in [6, 6.07) is 10.9. The van der Waals surface area contributed by atoms with E-state index < -0.39 is 18.0 Å². The van der Waals surface area contributed by atoms with E-state index in [0.717, 1.165) is 0 Å². The van der Waals surface area contributed by atoms with Crippen molar-refractivity contribution in [3.05, 3.63) is 57.6 Å². The number of hydrogen-bond acceptors (Lipinski definition) is 5. The van der Waals surface area contributed by atoms with Gasteiger partial charge in [0.05, 0.1) is 17.7 Å². The maximum atomic E-state index is 12.3. The molecule has 1 amide bonds. The lowest BCUT2D eigenvalue weighted by Gasteiger charge is -2.15. The van der Waals surface area contributed by atoms with E-state index in [1.807, 2.05) is 6.07 Å². The first-order chi connectivity index (χ1) is 12.3. The number of nitrogens with one attached hydrogen (secondary N) is 1. The SMILES string of the molecule is COc1ccc(Cl)cc1C(=O)O[C@@H](C)C(=O)Nc1ccc(C#N)c(Cl)c1. The van der Waals surface area contributed by atoms with Gasteiger partial charge in [-0.05, 0) is 43.3 Å². The Kier molecular flexibility index (Phi) is 6.45. The molecule has 0 saturated carbocycles. The van der Waals surface area contributed by atoms with E-state index in [1.165, 1.54) is 44.4 Å². The molecular formula is C18H14Cl2N2O4. The minimum atomic E-state index is -1.08. The predicted octanol–water partition coefficient (Wildman–Crippen LogP) is 4.06. The van der Waals surface area contributed by atoms with Crippen LogP contribution in [-0.4, -0.2) is 25.1 Å². The van der Waals surface area contributed by atoms with Crippen LogP contribution in [0.5, 0.6) is 5.75 Å². The van der Waals surface area contributed by atoms with Gasteiger partial charge in [-0.3, -0.25) is 4.79 Å². The lowest BCUT2D eigenvalue weighted by molar-refractivity contribution is -0.123. The van der Waals surface area contributed by atoms with Crippen LogP contribution in [0.3, 0.4) is 0 Å². The molecule has 0 aliphatic carbocycles. The molecule has 0 heterocycles. The molecule has 0 spiro atoms. The van der Waals surface area contributed by atoms with Gasteiger partial charge in [-0.25, -0.2) is 4.79 Å². The van der Waals surface area contributed by atoms with Crippen molar-refractivity contribution in [3.8, 4) is 11.8 Å². The Balaban J connectivity index is 2.07. The second-order valence-electron chi connectivity index (χ2n) is 5.19. The molecule has 134 valence electrons. The highest BCUT2D eigenvalue weighted by Crippen LogP contribution is 2.24. The summed E-state index contributed by atoms with van der Waals surface area (Å²) < 4.78 is 10.3. The summed E-state index contributed by atoms with van der Waals surface area (Å²) in [5.74, 6) is -1.02. The summed E-state index contributed by atoms with van der Waals surface area (Å²) in [5.41, 5.74) is 0.778. The van der Waals surface area contributed by atoms with Gasteiger partial charge in [0.2, 0.25) is 0 Å². The Morgan fingerprint density at radius 1 is 1.19 bits per heavy atom. The topological polar surface area (TPSA) is 88.4 Å². The summed E-state index contributed by atoms with van der Waals surface area (Å²) in [6.45, 7) is 1.43. The fourth-order valence-corrected chi connectivity index (χ4v) is 2.44. The molecule has 1 N–H and O–H groups in total. The molecule has 2 aromatic rings. The molecule has 0 fully saturated rings. The summed E-state index contributed by atoms with van der Waals surface area (Å²) in [6.07, 6.45) is -1.08. The second kappa shape index (κ2) is 8.56. The van der Waals surface area contributed by atoms with Crippen LogP contribution in [0.2, 0.25) is 10.0 Å². The van der Waals surface area contributed by atoms with E-state index in [1.54, 1.807) is 6.07 Å². The number of carbonyl (C=O) groups excluding carboxylic acids is 2. The van der Waals surface area contributed by atoms with Gasteiger partial charge in [0, 0.05) is 10.7 Å². The van der Waals surface area contributed by atoms with Crippen molar-refractivity contribution in [1.29, 1.82) is 5.26 Å². The number of benzene rings is 2. The Morgan fingerprint density at radius 2 is 1.92 bits per heavy atom. The highest BCUT2D eigenvalue weighted by atomic mass is 35.5. The number of esters is 1. The van der Waals surface area contributed by atoms with E-state index in [-0.39, 0.29) is 21.9 Å². The average molecular weight is 393 g/mol. The number of methoxy groups -OCH3 is 1. The Labute approximate surface area is 160 Å². The van der Waals surface area contributed by atoms with Gasteiger partial charge in [0.25, 0.3) is 5.91 Å². The van der Waals surface area contributed by atoms with Crippen LogP contribution in [0.1, 0.15) is 22.8 Å². The van der Waals surface area contributed by atoms with Crippen LogP contribution < -0.4 is 10.1 Å². The van der Waals surface area contributed by atoms with Crippen LogP contribution in [0.15, 0.2) is 36.4 Å². The van der Waals surface area contributed by atoms with Crippen molar-refractivity contribution in [1.82, 2.24) is 0 Å². The van der Waals surface area contributed by atoms with Crippen LogP contribution in [-0.2, 0) is 9.53 Å². The highest BCUT2D eigenvalue weighted by Gasteiger charge is 2.22. The molecule has 0 aliphatic rings. The number of carbonyl (C=O) groups is 2. The fourth-order valence-electron chi connectivity index (χ4n) is 2.04. The first kappa shape index (κ1) is 19.6. The molecule has 0 unspecified atom stereocenters. The number of anilines is 1. The van der Waals surface area contributed by atoms with Gasteiger partial charge >= 0.3 is 5.97 Å². The zero-order chi connectivity index (χ0) is 19.3. The zero-order valence-corrected chi connectivity index (χ0v) is 15.4. The van der Waals surface area contributed by atoms with Crippen molar-refractivity contribution >= 4 is 40.8 Å². The van der Waals surface area contributed by atoms with E-state index >= 15 is 0 Å². The third-order valence-electron chi connectivity index (χ3n) is 3.39. The summed E-state index contributed by atoms with van der Waals surface area (Å²) in [4.78, 5) is 24.5. The van der Waals surface area contributed by atoms with Crippen LogP contribution in [0.25, 0.3) is 0 Å². The monoisotopic (exact) mass is 392 g/mol. The van der Waals surface area contributed by atoms with Gasteiger partial charge in [0.15, 0.2) is 6.10 Å². The lowest BCUT2D eigenvalue weighted by Crippen LogP contribution is -2.30. The normalized spacial score (nSPS) is 11.2.